The molecule has 1 amide bonds. The predicted octanol–water partition coefficient (Wildman–Crippen LogP) is 1.96. The lowest BCUT2D eigenvalue weighted by atomic mass is 9.98. The van der Waals surface area contributed by atoms with Crippen LogP contribution < -0.4 is 10.9 Å². The Balaban J connectivity index is 1.62. The van der Waals surface area contributed by atoms with E-state index in [1.54, 1.807) is 0 Å². The van der Waals surface area contributed by atoms with Crippen LogP contribution in [0.1, 0.15) is 23.5 Å². The Bertz CT molecular complexity index is 837. The Morgan fingerprint density at radius 1 is 0.963 bits per heavy atom. The molecule has 0 spiro atoms. The van der Waals surface area contributed by atoms with Crippen LogP contribution in [-0.4, -0.2) is 40.9 Å². The van der Waals surface area contributed by atoms with E-state index in [1.807, 2.05) is 48.5 Å². The van der Waals surface area contributed by atoms with E-state index in [2.05, 4.69) is 10.9 Å². The highest BCUT2D eigenvalue weighted by atomic mass is 16.6. The molecule has 2 aromatic carbocycles. The van der Waals surface area contributed by atoms with Gasteiger partial charge in [-0.15, -0.1) is 0 Å². The Kier molecular flexibility index (Phi) is 5.37. The van der Waals surface area contributed by atoms with Gasteiger partial charge in [-0.25, -0.2) is 10.2 Å². The van der Waals surface area contributed by atoms with Crippen LogP contribution in [-0.2, 0) is 14.3 Å². The molecule has 0 aliphatic heterocycles. The molecule has 3 rings (SSSR count). The van der Waals surface area contributed by atoms with Gasteiger partial charge in [-0.3, -0.25) is 15.0 Å². The molecule has 0 fully saturated rings. The maximum absolute atomic E-state index is 11.9. The first kappa shape index (κ1) is 18.4. The highest BCUT2D eigenvalue weighted by Crippen LogP contribution is 2.44. The van der Waals surface area contributed by atoms with Gasteiger partial charge in [0.2, 0.25) is 0 Å². The van der Waals surface area contributed by atoms with Crippen LogP contribution >= 0.6 is 0 Å². The monoisotopic (exact) mass is 370 g/mol. The molecular formula is C19H18N2O6. The second-order valence-electron chi connectivity index (χ2n) is 6.08. The smallest absolute Gasteiger partial charge is 0.421 e. The van der Waals surface area contributed by atoms with Gasteiger partial charge in [0.15, 0.2) is 0 Å². The van der Waals surface area contributed by atoms with Crippen LogP contribution in [0.3, 0.4) is 0 Å². The molecule has 0 aromatic heterocycles. The van der Waals surface area contributed by atoms with Crippen molar-refractivity contribution < 1.29 is 29.3 Å². The summed E-state index contributed by atoms with van der Waals surface area (Å²) in [4.78, 5) is 33.5. The Morgan fingerprint density at radius 2 is 1.52 bits per heavy atom. The Labute approximate surface area is 154 Å². The molecule has 4 N–H and O–H groups in total. The van der Waals surface area contributed by atoms with Crippen LogP contribution in [0.15, 0.2) is 48.5 Å². The van der Waals surface area contributed by atoms with E-state index in [1.165, 1.54) is 0 Å². The zero-order chi connectivity index (χ0) is 19.4. The summed E-state index contributed by atoms with van der Waals surface area (Å²) in [5.41, 5.74) is 8.53. The quantitative estimate of drug-likeness (QED) is 0.549. The lowest BCUT2D eigenvalue weighted by Crippen LogP contribution is -2.49. The predicted molar refractivity (Wildman–Crippen MR) is 95.0 cm³/mol. The number of carboxylic acids is 2. The highest BCUT2D eigenvalue weighted by Gasteiger charge is 2.29. The first-order valence-corrected chi connectivity index (χ1v) is 8.28. The fourth-order valence-corrected chi connectivity index (χ4v) is 3.16. The highest BCUT2D eigenvalue weighted by molar-refractivity contribution is 5.81. The van der Waals surface area contributed by atoms with Gasteiger partial charge >= 0.3 is 18.0 Å². The molecule has 0 bridgehead atoms. The zero-order valence-electron chi connectivity index (χ0n) is 14.2. The molecule has 8 heteroatoms. The van der Waals surface area contributed by atoms with Crippen molar-refractivity contribution >= 4 is 18.0 Å². The number of nitrogens with one attached hydrogen (secondary N) is 2. The molecule has 0 unspecified atom stereocenters. The fraction of sp³-hybridized carbons (Fsp3) is 0.211. The molecule has 1 aliphatic rings. The molecule has 140 valence electrons. The van der Waals surface area contributed by atoms with Gasteiger partial charge in [0.25, 0.3) is 0 Å². The molecule has 0 radical (unpaired) electrons. The number of hydrogen-bond donors (Lipinski definition) is 4. The second kappa shape index (κ2) is 7.88. The molecular weight excluding hydrogens is 352 g/mol. The third kappa shape index (κ3) is 4.06. The number of hydrazine groups is 1. The Hall–Kier alpha value is -3.39. The standard InChI is InChI=1S/C19H18N2O6/c22-17(23)9-16(18(24)25)20-21-19(26)27-10-15-13-7-3-1-5-11(13)12-6-2-4-8-14(12)15/h1-8,15-16,20H,9-10H2,(H,21,26)(H,22,23)(H,24,25)/t16-/m0/s1. The molecule has 0 heterocycles. The minimum absolute atomic E-state index is 0.0677. The number of ether oxygens (including phenoxy) is 1. The summed E-state index contributed by atoms with van der Waals surface area (Å²) in [6.45, 7) is 0.0677. The first-order chi connectivity index (χ1) is 13.0. The number of aliphatic carboxylic acids is 2. The topological polar surface area (TPSA) is 125 Å². The van der Waals surface area contributed by atoms with E-state index in [4.69, 9.17) is 14.9 Å². The van der Waals surface area contributed by atoms with E-state index in [-0.39, 0.29) is 12.5 Å². The van der Waals surface area contributed by atoms with Gasteiger partial charge in [0, 0.05) is 5.92 Å². The maximum Gasteiger partial charge on any atom is 0.421 e. The van der Waals surface area contributed by atoms with Crippen molar-refractivity contribution in [3.8, 4) is 11.1 Å². The lowest BCUT2D eigenvalue weighted by Gasteiger charge is -2.16. The largest absolute Gasteiger partial charge is 0.481 e. The van der Waals surface area contributed by atoms with Crippen LogP contribution in [0.5, 0.6) is 0 Å². The molecule has 27 heavy (non-hydrogen) atoms. The number of carbonyl (C=O) groups is 3. The number of fused-ring (bicyclic) bond motifs is 3. The van der Waals surface area contributed by atoms with Gasteiger partial charge in [0.05, 0.1) is 6.42 Å². The summed E-state index contributed by atoms with van der Waals surface area (Å²) in [5.74, 6) is -2.82. The third-order valence-electron chi connectivity index (χ3n) is 4.37. The summed E-state index contributed by atoms with van der Waals surface area (Å²) >= 11 is 0. The van der Waals surface area contributed by atoms with Gasteiger partial charge in [-0.1, -0.05) is 48.5 Å². The number of carbonyl (C=O) groups excluding carboxylic acids is 1. The minimum Gasteiger partial charge on any atom is -0.481 e. The van der Waals surface area contributed by atoms with Crippen molar-refractivity contribution in [1.29, 1.82) is 0 Å². The molecule has 8 nitrogen and oxygen atoms in total. The molecule has 0 saturated heterocycles. The van der Waals surface area contributed by atoms with Crippen LogP contribution in [0.4, 0.5) is 4.79 Å². The number of carboxylic acid groups (broad SMARTS) is 2. The number of hydrogen-bond acceptors (Lipinski definition) is 5. The second-order valence-corrected chi connectivity index (χ2v) is 6.08. The SMILES string of the molecule is O=C(O)C[C@H](NNC(=O)OCC1c2ccccc2-c2ccccc21)C(=O)O. The van der Waals surface area contributed by atoms with Crippen LogP contribution in [0, 0.1) is 0 Å². The van der Waals surface area contributed by atoms with Gasteiger partial charge in [-0.05, 0) is 22.3 Å². The van der Waals surface area contributed by atoms with E-state index < -0.39 is 30.5 Å². The van der Waals surface area contributed by atoms with Crippen molar-refractivity contribution in [2.45, 2.75) is 18.4 Å². The zero-order valence-corrected chi connectivity index (χ0v) is 14.2. The maximum atomic E-state index is 11.9. The summed E-state index contributed by atoms with van der Waals surface area (Å²) < 4.78 is 5.22. The van der Waals surface area contributed by atoms with E-state index in [0.717, 1.165) is 22.3 Å². The van der Waals surface area contributed by atoms with E-state index in [0.29, 0.717) is 0 Å². The van der Waals surface area contributed by atoms with Gasteiger partial charge in [-0.2, -0.15) is 0 Å². The first-order valence-electron chi connectivity index (χ1n) is 8.28. The van der Waals surface area contributed by atoms with Crippen LogP contribution in [0.25, 0.3) is 11.1 Å². The van der Waals surface area contributed by atoms with Crippen molar-refractivity contribution in [2.24, 2.45) is 0 Å². The molecule has 1 aliphatic carbocycles. The lowest BCUT2D eigenvalue weighted by molar-refractivity contribution is -0.146. The number of benzene rings is 2. The van der Waals surface area contributed by atoms with Crippen molar-refractivity contribution in [1.82, 2.24) is 10.9 Å². The van der Waals surface area contributed by atoms with Crippen molar-refractivity contribution in [3.63, 3.8) is 0 Å². The number of rotatable bonds is 7. The van der Waals surface area contributed by atoms with Gasteiger partial charge < -0.3 is 14.9 Å². The van der Waals surface area contributed by atoms with Gasteiger partial charge in [0.1, 0.15) is 12.6 Å². The summed E-state index contributed by atoms with van der Waals surface area (Å²) in [7, 11) is 0. The summed E-state index contributed by atoms with van der Waals surface area (Å²) in [6, 6.07) is 14.3. The molecule has 0 saturated carbocycles. The number of amides is 1. The Morgan fingerprint density at radius 3 is 2.04 bits per heavy atom. The average Bonchev–Trinajstić information content (AvgIpc) is 2.97. The van der Waals surface area contributed by atoms with Crippen LogP contribution in [0.2, 0.25) is 0 Å². The fourth-order valence-electron chi connectivity index (χ4n) is 3.16. The summed E-state index contributed by atoms with van der Waals surface area (Å²) in [5, 5.41) is 17.6. The van der Waals surface area contributed by atoms with Crippen molar-refractivity contribution in [3.05, 3.63) is 59.7 Å². The van der Waals surface area contributed by atoms with E-state index >= 15 is 0 Å². The average molecular weight is 370 g/mol. The minimum atomic E-state index is -1.46. The molecule has 2 aromatic rings. The molecule has 1 atom stereocenters. The van der Waals surface area contributed by atoms with E-state index in [9.17, 15) is 14.4 Å². The third-order valence-corrected chi connectivity index (χ3v) is 4.37. The normalized spacial score (nSPS) is 13.3. The summed E-state index contributed by atoms with van der Waals surface area (Å²) in [6.07, 6.45) is -1.56. The van der Waals surface area contributed by atoms with Crippen molar-refractivity contribution in [2.75, 3.05) is 6.61 Å².